The van der Waals surface area contributed by atoms with Crippen molar-refractivity contribution in [3.63, 3.8) is 0 Å². The van der Waals surface area contributed by atoms with Gasteiger partial charge in [0, 0.05) is 23.2 Å². The molecule has 1 aromatic heterocycles. The quantitative estimate of drug-likeness (QED) is 0.754. The third kappa shape index (κ3) is 1.61. The number of hydrogen-bond acceptors (Lipinski definition) is 1. The number of halogens is 2. The number of fused-ring (bicyclic) bond motifs is 1. The van der Waals surface area contributed by atoms with E-state index in [1.165, 1.54) is 0 Å². The van der Waals surface area contributed by atoms with Crippen LogP contribution >= 0.6 is 23.2 Å². The monoisotopic (exact) mass is 255 g/mol. The second-order valence-corrected chi connectivity index (χ2v) is 4.90. The van der Waals surface area contributed by atoms with Gasteiger partial charge < -0.3 is 9.30 Å². The highest BCUT2D eigenvalue weighted by Crippen LogP contribution is 2.32. The van der Waals surface area contributed by atoms with Gasteiger partial charge in [0.05, 0.1) is 23.2 Å². The van der Waals surface area contributed by atoms with Crippen molar-refractivity contribution in [1.82, 2.24) is 4.57 Å². The van der Waals surface area contributed by atoms with Crippen LogP contribution in [0.15, 0.2) is 24.4 Å². The molecule has 0 aliphatic carbocycles. The molecule has 1 unspecified atom stereocenters. The van der Waals surface area contributed by atoms with Gasteiger partial charge in [0.25, 0.3) is 0 Å². The second kappa shape index (κ2) is 3.95. The molecule has 0 radical (unpaired) electrons. The predicted molar refractivity (Wildman–Crippen MR) is 66.4 cm³/mol. The molecular weight excluding hydrogens is 245 g/mol. The maximum absolute atomic E-state index is 6.15. The smallest absolute Gasteiger partial charge is 0.0674 e. The fourth-order valence-corrected chi connectivity index (χ4v) is 2.79. The summed E-state index contributed by atoms with van der Waals surface area (Å²) in [4.78, 5) is 0. The average Bonchev–Trinajstić information content (AvgIpc) is 2.83. The summed E-state index contributed by atoms with van der Waals surface area (Å²) in [5.74, 6) is 0. The fraction of sp³-hybridized carbons (Fsp3) is 0.333. The van der Waals surface area contributed by atoms with Crippen LogP contribution in [0.3, 0.4) is 0 Å². The van der Waals surface area contributed by atoms with Gasteiger partial charge >= 0.3 is 0 Å². The number of nitrogens with zero attached hydrogens (tertiary/aromatic N) is 1. The SMILES string of the molecule is Clc1cc(Cl)c2ccn(C3CCOC3)c2c1. The molecule has 2 nitrogen and oxygen atoms in total. The van der Waals surface area contributed by atoms with Crippen molar-refractivity contribution in [3.8, 4) is 0 Å². The van der Waals surface area contributed by atoms with Crippen LogP contribution in [-0.2, 0) is 4.74 Å². The van der Waals surface area contributed by atoms with Crippen LogP contribution in [0.1, 0.15) is 12.5 Å². The van der Waals surface area contributed by atoms with Crippen molar-refractivity contribution in [2.75, 3.05) is 13.2 Å². The Kier molecular flexibility index (Phi) is 2.58. The Morgan fingerprint density at radius 2 is 2.19 bits per heavy atom. The normalized spacial score (nSPS) is 20.8. The van der Waals surface area contributed by atoms with Crippen molar-refractivity contribution in [3.05, 3.63) is 34.4 Å². The van der Waals surface area contributed by atoms with Crippen LogP contribution in [0.4, 0.5) is 0 Å². The molecule has 2 heterocycles. The van der Waals surface area contributed by atoms with E-state index in [1.807, 2.05) is 12.1 Å². The lowest BCUT2D eigenvalue weighted by molar-refractivity contribution is 0.187. The zero-order valence-electron chi connectivity index (χ0n) is 8.62. The number of benzene rings is 1. The Morgan fingerprint density at radius 3 is 2.94 bits per heavy atom. The highest BCUT2D eigenvalue weighted by Gasteiger charge is 2.19. The summed E-state index contributed by atoms with van der Waals surface area (Å²) < 4.78 is 7.61. The first-order valence-electron chi connectivity index (χ1n) is 5.29. The first kappa shape index (κ1) is 10.5. The third-order valence-electron chi connectivity index (χ3n) is 3.05. The Morgan fingerprint density at radius 1 is 1.31 bits per heavy atom. The van der Waals surface area contributed by atoms with Crippen LogP contribution in [0.2, 0.25) is 10.0 Å². The number of hydrogen-bond donors (Lipinski definition) is 0. The Hall–Kier alpha value is -0.700. The predicted octanol–water partition coefficient (Wildman–Crippen LogP) is 3.91. The van der Waals surface area contributed by atoms with Crippen LogP contribution < -0.4 is 0 Å². The molecule has 84 valence electrons. The summed E-state index contributed by atoms with van der Waals surface area (Å²) in [6.45, 7) is 1.60. The van der Waals surface area contributed by atoms with Crippen molar-refractivity contribution in [2.24, 2.45) is 0 Å². The standard InChI is InChI=1S/C12H11Cl2NO/c13-8-5-11(14)10-1-3-15(12(10)6-8)9-2-4-16-7-9/h1,3,5-6,9H,2,4,7H2. The number of aromatic nitrogens is 1. The molecule has 16 heavy (non-hydrogen) atoms. The average molecular weight is 256 g/mol. The summed E-state index contributed by atoms with van der Waals surface area (Å²) in [6, 6.07) is 6.18. The molecule has 1 saturated heterocycles. The highest BCUT2D eigenvalue weighted by atomic mass is 35.5. The van der Waals surface area contributed by atoms with Gasteiger partial charge in [-0.05, 0) is 24.6 Å². The Bertz CT molecular complexity index is 529. The molecule has 1 fully saturated rings. The highest BCUT2D eigenvalue weighted by molar-refractivity contribution is 6.38. The molecule has 1 atom stereocenters. The summed E-state index contributed by atoms with van der Waals surface area (Å²) >= 11 is 12.2. The van der Waals surface area contributed by atoms with E-state index in [-0.39, 0.29) is 0 Å². The minimum atomic E-state index is 0.409. The Balaban J connectivity index is 2.18. The molecule has 0 saturated carbocycles. The zero-order valence-corrected chi connectivity index (χ0v) is 10.1. The van der Waals surface area contributed by atoms with E-state index in [1.54, 1.807) is 6.07 Å². The lowest BCUT2D eigenvalue weighted by Gasteiger charge is -2.12. The van der Waals surface area contributed by atoms with Gasteiger partial charge in [0.15, 0.2) is 0 Å². The molecule has 0 spiro atoms. The van der Waals surface area contributed by atoms with Gasteiger partial charge in [-0.15, -0.1) is 0 Å². The molecule has 4 heteroatoms. The van der Waals surface area contributed by atoms with E-state index in [0.29, 0.717) is 16.1 Å². The maximum atomic E-state index is 6.15. The van der Waals surface area contributed by atoms with E-state index < -0.39 is 0 Å². The van der Waals surface area contributed by atoms with Gasteiger partial charge in [-0.3, -0.25) is 0 Å². The third-order valence-corrected chi connectivity index (χ3v) is 3.58. The Labute approximate surface area is 104 Å². The summed E-state index contributed by atoms with van der Waals surface area (Å²) in [5, 5.41) is 2.44. The van der Waals surface area contributed by atoms with Crippen LogP contribution in [0, 0.1) is 0 Å². The molecular formula is C12H11Cl2NO. The second-order valence-electron chi connectivity index (χ2n) is 4.06. The fourth-order valence-electron chi connectivity index (χ4n) is 2.24. The van der Waals surface area contributed by atoms with Crippen molar-refractivity contribution >= 4 is 34.1 Å². The molecule has 1 aliphatic heterocycles. The lowest BCUT2D eigenvalue weighted by atomic mass is 10.2. The summed E-state index contributed by atoms with van der Waals surface area (Å²) in [7, 11) is 0. The van der Waals surface area contributed by atoms with Crippen LogP contribution in [-0.4, -0.2) is 17.8 Å². The lowest BCUT2D eigenvalue weighted by Crippen LogP contribution is -2.06. The van der Waals surface area contributed by atoms with E-state index in [2.05, 4.69) is 10.8 Å². The number of ether oxygens (including phenoxy) is 1. The minimum absolute atomic E-state index is 0.409. The van der Waals surface area contributed by atoms with E-state index in [9.17, 15) is 0 Å². The number of rotatable bonds is 1. The summed E-state index contributed by atoms with van der Waals surface area (Å²) in [6.07, 6.45) is 3.11. The molecule has 1 aliphatic rings. The van der Waals surface area contributed by atoms with Gasteiger partial charge in [0.1, 0.15) is 0 Å². The van der Waals surface area contributed by atoms with Crippen LogP contribution in [0.25, 0.3) is 10.9 Å². The van der Waals surface area contributed by atoms with E-state index >= 15 is 0 Å². The van der Waals surface area contributed by atoms with Crippen molar-refractivity contribution in [2.45, 2.75) is 12.5 Å². The largest absolute Gasteiger partial charge is 0.379 e. The van der Waals surface area contributed by atoms with Gasteiger partial charge in [-0.1, -0.05) is 23.2 Å². The molecule has 3 rings (SSSR count). The van der Waals surface area contributed by atoms with Gasteiger partial charge in [0.2, 0.25) is 0 Å². The zero-order chi connectivity index (χ0) is 11.1. The molecule has 0 amide bonds. The van der Waals surface area contributed by atoms with E-state index in [0.717, 1.165) is 30.5 Å². The maximum Gasteiger partial charge on any atom is 0.0674 e. The topological polar surface area (TPSA) is 14.2 Å². The molecule has 1 aromatic carbocycles. The van der Waals surface area contributed by atoms with Crippen molar-refractivity contribution < 1.29 is 4.74 Å². The van der Waals surface area contributed by atoms with E-state index in [4.69, 9.17) is 27.9 Å². The van der Waals surface area contributed by atoms with Gasteiger partial charge in [-0.25, -0.2) is 0 Å². The molecule has 0 bridgehead atoms. The summed E-state index contributed by atoms with van der Waals surface area (Å²) in [5.41, 5.74) is 1.09. The van der Waals surface area contributed by atoms with Crippen LogP contribution in [0.5, 0.6) is 0 Å². The van der Waals surface area contributed by atoms with Crippen molar-refractivity contribution in [1.29, 1.82) is 0 Å². The van der Waals surface area contributed by atoms with Gasteiger partial charge in [-0.2, -0.15) is 0 Å². The molecule has 2 aromatic rings. The minimum Gasteiger partial charge on any atom is -0.379 e. The first-order chi connectivity index (χ1) is 7.75. The molecule has 0 N–H and O–H groups in total. The first-order valence-corrected chi connectivity index (χ1v) is 6.04.